The molecule has 1 heterocycles. The Morgan fingerprint density at radius 2 is 1.96 bits per heavy atom. The molecule has 0 amide bonds. The van der Waals surface area contributed by atoms with E-state index in [1.54, 1.807) is 0 Å². The third-order valence-corrected chi connectivity index (χ3v) is 6.25. The molecule has 3 heteroatoms. The van der Waals surface area contributed by atoms with Gasteiger partial charge in [0.25, 0.3) is 0 Å². The fraction of sp³-hybridized carbons (Fsp3) is 0.850. The van der Waals surface area contributed by atoms with Crippen LogP contribution in [-0.2, 0) is 9.53 Å². The van der Waals surface area contributed by atoms with Crippen molar-refractivity contribution in [3.63, 3.8) is 0 Å². The van der Waals surface area contributed by atoms with E-state index in [9.17, 15) is 4.79 Å². The van der Waals surface area contributed by atoms with Crippen molar-refractivity contribution in [3.05, 3.63) is 11.6 Å². The zero-order valence-electron chi connectivity index (χ0n) is 14.8. The highest BCUT2D eigenvalue weighted by molar-refractivity contribution is 5.82. The molecule has 130 valence electrons. The van der Waals surface area contributed by atoms with Gasteiger partial charge in [0.2, 0.25) is 0 Å². The largest absolute Gasteiger partial charge is 0.377 e. The predicted molar refractivity (Wildman–Crippen MR) is 93.5 cm³/mol. The number of Topliss-reactive ketones (excluding diaryl/α,β-unsaturated/α-hetero) is 1. The maximum Gasteiger partial charge on any atom is 0.136 e. The van der Waals surface area contributed by atoms with Gasteiger partial charge in [0.1, 0.15) is 5.78 Å². The van der Waals surface area contributed by atoms with Crippen molar-refractivity contribution in [3.8, 4) is 0 Å². The summed E-state index contributed by atoms with van der Waals surface area (Å²) in [6.45, 7) is 6.71. The minimum Gasteiger partial charge on any atom is -0.377 e. The summed E-state index contributed by atoms with van der Waals surface area (Å²) < 4.78 is 6.17. The molecule has 23 heavy (non-hydrogen) atoms. The third kappa shape index (κ3) is 4.24. The van der Waals surface area contributed by atoms with E-state index in [4.69, 9.17) is 4.74 Å². The van der Waals surface area contributed by atoms with Crippen LogP contribution in [0.5, 0.6) is 0 Å². The molecule has 2 saturated carbocycles. The summed E-state index contributed by atoms with van der Waals surface area (Å²) in [7, 11) is 0. The zero-order valence-corrected chi connectivity index (χ0v) is 14.8. The number of hydrogen-bond donors (Lipinski definition) is 0. The average molecular weight is 319 g/mol. The van der Waals surface area contributed by atoms with E-state index >= 15 is 0 Å². The van der Waals surface area contributed by atoms with E-state index in [1.165, 1.54) is 57.2 Å². The Hall–Kier alpha value is -0.670. The molecule has 0 aromatic rings. The van der Waals surface area contributed by atoms with Crippen LogP contribution in [0.1, 0.15) is 71.1 Å². The second kappa shape index (κ2) is 7.94. The lowest BCUT2D eigenvalue weighted by Gasteiger charge is -2.44. The van der Waals surface area contributed by atoms with Crippen molar-refractivity contribution < 1.29 is 9.53 Å². The highest BCUT2D eigenvalue weighted by Gasteiger charge is 2.41. The molecular formula is C20H33NO2. The molecule has 0 aromatic heterocycles. The normalized spacial score (nSPS) is 34.6. The molecule has 0 bridgehead atoms. The molecular weight excluding hydrogens is 286 g/mol. The SMILES string of the molecule is CCC=C1CC(=O)CCC12CCC(OCCN1CCCC1)CC2. The number of carbonyl (C=O) groups excluding carboxylic acids is 1. The van der Waals surface area contributed by atoms with Crippen molar-refractivity contribution in [1.82, 2.24) is 4.90 Å². The number of ether oxygens (including phenoxy) is 1. The third-order valence-electron chi connectivity index (χ3n) is 6.25. The van der Waals surface area contributed by atoms with Gasteiger partial charge < -0.3 is 9.64 Å². The quantitative estimate of drug-likeness (QED) is 0.714. The molecule has 1 saturated heterocycles. The number of allylic oxidation sites excluding steroid dienone is 2. The summed E-state index contributed by atoms with van der Waals surface area (Å²) >= 11 is 0. The van der Waals surface area contributed by atoms with Gasteiger partial charge in [-0.2, -0.15) is 0 Å². The second-order valence-electron chi connectivity index (χ2n) is 7.75. The topological polar surface area (TPSA) is 29.5 Å². The van der Waals surface area contributed by atoms with E-state index in [0.717, 1.165) is 32.4 Å². The number of nitrogens with zero attached hydrogens (tertiary/aromatic N) is 1. The van der Waals surface area contributed by atoms with Gasteiger partial charge in [-0.1, -0.05) is 18.6 Å². The molecule has 0 unspecified atom stereocenters. The monoisotopic (exact) mass is 319 g/mol. The van der Waals surface area contributed by atoms with Gasteiger partial charge >= 0.3 is 0 Å². The lowest BCUT2D eigenvalue weighted by molar-refractivity contribution is -0.121. The zero-order chi connectivity index (χ0) is 16.1. The van der Waals surface area contributed by atoms with Gasteiger partial charge in [0.15, 0.2) is 0 Å². The molecule has 0 radical (unpaired) electrons. The Labute approximate surface area is 141 Å². The molecule has 2 aliphatic carbocycles. The summed E-state index contributed by atoms with van der Waals surface area (Å²) in [5.74, 6) is 0.444. The first-order chi connectivity index (χ1) is 11.2. The highest BCUT2D eigenvalue weighted by atomic mass is 16.5. The molecule has 1 aliphatic heterocycles. The maximum atomic E-state index is 11.8. The van der Waals surface area contributed by atoms with E-state index in [1.807, 2.05) is 0 Å². The van der Waals surface area contributed by atoms with E-state index in [2.05, 4.69) is 17.9 Å². The number of ketones is 1. The molecule has 3 nitrogen and oxygen atoms in total. The van der Waals surface area contributed by atoms with Crippen molar-refractivity contribution in [1.29, 1.82) is 0 Å². The molecule has 1 spiro atoms. The second-order valence-corrected chi connectivity index (χ2v) is 7.75. The van der Waals surface area contributed by atoms with E-state index in [-0.39, 0.29) is 0 Å². The lowest BCUT2D eigenvalue weighted by atomic mass is 9.61. The van der Waals surface area contributed by atoms with Gasteiger partial charge in [0.05, 0.1) is 12.7 Å². The first-order valence-electron chi connectivity index (χ1n) is 9.77. The van der Waals surface area contributed by atoms with Crippen LogP contribution in [-0.4, -0.2) is 43.0 Å². The van der Waals surface area contributed by atoms with Crippen molar-refractivity contribution in [2.24, 2.45) is 5.41 Å². The number of rotatable bonds is 5. The summed E-state index contributed by atoms with van der Waals surface area (Å²) in [5.41, 5.74) is 1.78. The molecule has 0 atom stereocenters. The Morgan fingerprint density at radius 1 is 1.22 bits per heavy atom. The van der Waals surface area contributed by atoms with Crippen molar-refractivity contribution in [2.45, 2.75) is 77.2 Å². The van der Waals surface area contributed by atoms with Crippen LogP contribution in [0, 0.1) is 5.41 Å². The molecule has 0 aromatic carbocycles. The summed E-state index contributed by atoms with van der Waals surface area (Å²) in [5, 5.41) is 0. The minimum absolute atomic E-state index is 0.332. The Morgan fingerprint density at radius 3 is 2.65 bits per heavy atom. The van der Waals surface area contributed by atoms with E-state index in [0.29, 0.717) is 23.7 Å². The van der Waals surface area contributed by atoms with Gasteiger partial charge in [-0.05, 0) is 69.9 Å². The first-order valence-corrected chi connectivity index (χ1v) is 9.77. The predicted octanol–water partition coefficient (Wildman–Crippen LogP) is 4.12. The van der Waals surface area contributed by atoms with Gasteiger partial charge in [-0.3, -0.25) is 4.79 Å². The summed E-state index contributed by atoms with van der Waals surface area (Å²) in [6, 6.07) is 0. The summed E-state index contributed by atoms with van der Waals surface area (Å²) in [6.07, 6.45) is 13.9. The van der Waals surface area contributed by atoms with Gasteiger partial charge in [-0.25, -0.2) is 0 Å². The van der Waals surface area contributed by atoms with Crippen LogP contribution < -0.4 is 0 Å². The van der Waals surface area contributed by atoms with Crippen molar-refractivity contribution in [2.75, 3.05) is 26.2 Å². The summed E-state index contributed by atoms with van der Waals surface area (Å²) in [4.78, 5) is 14.4. The smallest absolute Gasteiger partial charge is 0.136 e. The number of likely N-dealkylation sites (tertiary alicyclic amines) is 1. The standard InChI is InChI=1S/C20H33NO2/c1-2-5-17-16-18(22)6-9-20(17)10-7-19(8-11-20)23-15-14-21-12-3-4-13-21/h5,19H,2-4,6-16H2,1H3. The average Bonchev–Trinajstić information content (AvgIpc) is 3.07. The lowest BCUT2D eigenvalue weighted by Crippen LogP contribution is -2.37. The fourth-order valence-electron chi connectivity index (χ4n) is 4.80. The van der Waals surface area contributed by atoms with Crippen LogP contribution >= 0.6 is 0 Å². The van der Waals surface area contributed by atoms with Crippen LogP contribution in [0.4, 0.5) is 0 Å². The Kier molecular flexibility index (Phi) is 5.92. The highest BCUT2D eigenvalue weighted by Crippen LogP contribution is 2.50. The minimum atomic E-state index is 0.332. The number of carbonyl (C=O) groups is 1. The molecule has 3 fully saturated rings. The van der Waals surface area contributed by atoms with Crippen LogP contribution in [0.3, 0.4) is 0 Å². The van der Waals surface area contributed by atoms with E-state index < -0.39 is 0 Å². The van der Waals surface area contributed by atoms with Crippen LogP contribution in [0.2, 0.25) is 0 Å². The maximum absolute atomic E-state index is 11.8. The first kappa shape index (κ1) is 17.2. The van der Waals surface area contributed by atoms with Crippen LogP contribution in [0.25, 0.3) is 0 Å². The molecule has 0 N–H and O–H groups in total. The Bertz CT molecular complexity index is 429. The number of hydrogen-bond acceptors (Lipinski definition) is 3. The van der Waals surface area contributed by atoms with Gasteiger partial charge in [-0.15, -0.1) is 0 Å². The Balaban J connectivity index is 1.46. The van der Waals surface area contributed by atoms with Crippen LogP contribution in [0.15, 0.2) is 11.6 Å². The van der Waals surface area contributed by atoms with Gasteiger partial charge in [0, 0.05) is 19.4 Å². The fourth-order valence-corrected chi connectivity index (χ4v) is 4.80. The molecule has 3 aliphatic rings. The molecule has 3 rings (SSSR count). The van der Waals surface area contributed by atoms with Crippen molar-refractivity contribution >= 4 is 5.78 Å².